The molecule has 0 aromatic carbocycles. The van der Waals surface area contributed by atoms with Gasteiger partial charge in [0.2, 0.25) is 15.9 Å². The van der Waals surface area contributed by atoms with E-state index in [9.17, 15) is 16.8 Å². The van der Waals surface area contributed by atoms with E-state index < -0.39 is 25.1 Å². The summed E-state index contributed by atoms with van der Waals surface area (Å²) < 4.78 is 54.8. The van der Waals surface area contributed by atoms with E-state index in [0.29, 0.717) is 32.1 Å². The fourth-order valence-corrected chi connectivity index (χ4v) is 7.60. The number of sulfone groups is 1. The van der Waals surface area contributed by atoms with Gasteiger partial charge < -0.3 is 9.64 Å². The fraction of sp³-hybridized carbons (Fsp3) is 0.643. The Morgan fingerprint density at radius 2 is 1.92 bits per heavy atom. The molecule has 0 bridgehead atoms. The predicted molar refractivity (Wildman–Crippen MR) is 90.6 cm³/mol. The molecule has 10 heteroatoms. The van der Waals surface area contributed by atoms with Crippen LogP contribution in [0.1, 0.15) is 6.42 Å². The van der Waals surface area contributed by atoms with Crippen LogP contribution in [0.15, 0.2) is 18.3 Å². The van der Waals surface area contributed by atoms with E-state index in [1.165, 1.54) is 4.31 Å². The zero-order valence-corrected chi connectivity index (χ0v) is 15.1. The lowest BCUT2D eigenvalue weighted by atomic mass is 10.3. The van der Waals surface area contributed by atoms with Gasteiger partial charge in [0.1, 0.15) is 0 Å². The highest BCUT2D eigenvalue weighted by Gasteiger charge is 2.41. The maximum Gasteiger partial charge on any atom is 0.218 e. The van der Waals surface area contributed by atoms with Gasteiger partial charge in [0.25, 0.3) is 0 Å². The molecule has 0 saturated carbocycles. The molecule has 1 aromatic rings. The molecule has 1 atom stereocenters. The second-order valence-corrected chi connectivity index (χ2v) is 10.5. The Morgan fingerprint density at radius 1 is 1.21 bits per heavy atom. The van der Waals surface area contributed by atoms with Crippen molar-refractivity contribution in [1.82, 2.24) is 9.29 Å². The lowest BCUT2D eigenvalue weighted by Crippen LogP contribution is -2.51. The summed E-state index contributed by atoms with van der Waals surface area (Å²) in [6.45, 7) is 1.80. The highest BCUT2D eigenvalue weighted by Crippen LogP contribution is 2.24. The van der Waals surface area contributed by atoms with Crippen molar-refractivity contribution < 1.29 is 21.6 Å². The predicted octanol–water partition coefficient (Wildman–Crippen LogP) is -0.271. The Morgan fingerprint density at radius 3 is 2.42 bits per heavy atom. The minimum atomic E-state index is -3.56. The maximum atomic E-state index is 12.6. The second-order valence-electron chi connectivity index (χ2n) is 6.01. The minimum absolute atomic E-state index is 0.0334. The van der Waals surface area contributed by atoms with Crippen LogP contribution in [0.3, 0.4) is 0 Å². The average molecular weight is 375 g/mol. The third-order valence-electron chi connectivity index (χ3n) is 4.51. The van der Waals surface area contributed by atoms with Crippen molar-refractivity contribution in [2.24, 2.45) is 0 Å². The molecule has 24 heavy (non-hydrogen) atoms. The van der Waals surface area contributed by atoms with Crippen LogP contribution in [0.4, 0.5) is 5.69 Å². The van der Waals surface area contributed by atoms with Crippen LogP contribution >= 0.6 is 0 Å². The zero-order chi connectivity index (χ0) is 17.4. The Hall–Kier alpha value is -1.39. The van der Waals surface area contributed by atoms with Crippen LogP contribution in [-0.4, -0.2) is 76.2 Å². The Kier molecular flexibility index (Phi) is 4.71. The Balaban J connectivity index is 1.64. The van der Waals surface area contributed by atoms with Crippen LogP contribution < -0.4 is 9.64 Å². The standard InChI is InChI=1S/C14H21N3O5S2/c1-22-14-3-2-12(10-15-14)16-5-7-17(8-6-16)24(20,21)13-4-9-23(18,19)11-13/h2-3,10,13H,4-9,11H2,1H3. The maximum absolute atomic E-state index is 12.6. The van der Waals surface area contributed by atoms with E-state index in [1.54, 1.807) is 19.4 Å². The van der Waals surface area contributed by atoms with Crippen molar-refractivity contribution in [2.75, 3.05) is 49.7 Å². The van der Waals surface area contributed by atoms with Gasteiger partial charge in [0, 0.05) is 32.2 Å². The normalized spacial score (nSPS) is 24.9. The molecular formula is C14H21N3O5S2. The van der Waals surface area contributed by atoms with E-state index in [4.69, 9.17) is 4.74 Å². The molecular weight excluding hydrogens is 354 g/mol. The molecule has 0 radical (unpaired) electrons. The molecule has 0 N–H and O–H groups in total. The van der Waals surface area contributed by atoms with E-state index in [0.717, 1.165) is 5.69 Å². The molecule has 2 aliphatic rings. The average Bonchev–Trinajstić information content (AvgIpc) is 2.96. The first-order chi connectivity index (χ1) is 11.3. The third kappa shape index (κ3) is 3.50. The van der Waals surface area contributed by atoms with E-state index in [1.807, 2.05) is 6.07 Å². The Labute approximate surface area is 142 Å². The number of nitrogens with zero attached hydrogens (tertiary/aromatic N) is 3. The first-order valence-electron chi connectivity index (χ1n) is 7.76. The molecule has 1 unspecified atom stereocenters. The molecule has 3 rings (SSSR count). The van der Waals surface area contributed by atoms with Gasteiger partial charge in [0.05, 0.1) is 35.7 Å². The molecule has 2 fully saturated rings. The minimum Gasteiger partial charge on any atom is -0.481 e. The first kappa shape index (κ1) is 17.4. The largest absolute Gasteiger partial charge is 0.481 e. The van der Waals surface area contributed by atoms with Gasteiger partial charge >= 0.3 is 0 Å². The lowest BCUT2D eigenvalue weighted by Gasteiger charge is -2.36. The van der Waals surface area contributed by atoms with Gasteiger partial charge in [0.15, 0.2) is 9.84 Å². The fourth-order valence-electron chi connectivity index (χ4n) is 3.09. The van der Waals surface area contributed by atoms with Crippen LogP contribution in [0.25, 0.3) is 0 Å². The van der Waals surface area contributed by atoms with E-state index in [2.05, 4.69) is 9.88 Å². The molecule has 2 aliphatic heterocycles. The summed E-state index contributed by atoms with van der Waals surface area (Å²) >= 11 is 0. The number of sulfonamides is 1. The van der Waals surface area contributed by atoms with Gasteiger partial charge in [-0.25, -0.2) is 21.8 Å². The molecule has 3 heterocycles. The monoisotopic (exact) mass is 375 g/mol. The quantitative estimate of drug-likeness (QED) is 0.714. The van der Waals surface area contributed by atoms with Crippen LogP contribution in [-0.2, 0) is 19.9 Å². The summed E-state index contributed by atoms with van der Waals surface area (Å²) in [4.78, 5) is 6.22. The summed E-state index contributed by atoms with van der Waals surface area (Å²) in [5.41, 5.74) is 0.913. The summed E-state index contributed by atoms with van der Waals surface area (Å²) in [7, 11) is -5.22. The van der Waals surface area contributed by atoms with Crippen molar-refractivity contribution >= 4 is 25.5 Å². The van der Waals surface area contributed by atoms with Crippen molar-refractivity contribution in [2.45, 2.75) is 11.7 Å². The topological polar surface area (TPSA) is 96.9 Å². The zero-order valence-electron chi connectivity index (χ0n) is 13.5. The van der Waals surface area contributed by atoms with Crippen LogP contribution in [0.5, 0.6) is 5.88 Å². The smallest absolute Gasteiger partial charge is 0.218 e. The van der Waals surface area contributed by atoms with Gasteiger partial charge in [-0.15, -0.1) is 0 Å². The van der Waals surface area contributed by atoms with Crippen molar-refractivity contribution in [1.29, 1.82) is 0 Å². The molecule has 2 saturated heterocycles. The number of rotatable bonds is 4. The highest BCUT2D eigenvalue weighted by atomic mass is 32.2. The molecule has 0 spiro atoms. The number of ether oxygens (including phenoxy) is 1. The number of pyridine rings is 1. The molecule has 1 aromatic heterocycles. The van der Waals surface area contributed by atoms with Gasteiger partial charge in [-0.3, -0.25) is 0 Å². The van der Waals surface area contributed by atoms with Crippen molar-refractivity contribution in [3.8, 4) is 5.88 Å². The molecule has 0 aliphatic carbocycles. The van der Waals surface area contributed by atoms with Crippen molar-refractivity contribution in [3.05, 3.63) is 18.3 Å². The summed E-state index contributed by atoms with van der Waals surface area (Å²) in [6, 6.07) is 3.65. The van der Waals surface area contributed by atoms with E-state index >= 15 is 0 Å². The lowest BCUT2D eigenvalue weighted by molar-refractivity contribution is 0.379. The highest BCUT2D eigenvalue weighted by molar-refractivity contribution is 7.95. The number of methoxy groups -OCH3 is 1. The first-order valence-corrected chi connectivity index (χ1v) is 11.1. The van der Waals surface area contributed by atoms with Crippen molar-refractivity contribution in [3.63, 3.8) is 0 Å². The summed E-state index contributed by atoms with van der Waals surface area (Å²) in [6.07, 6.45) is 1.90. The van der Waals surface area contributed by atoms with Crippen LogP contribution in [0.2, 0.25) is 0 Å². The number of piperazine rings is 1. The summed E-state index contributed by atoms with van der Waals surface area (Å²) in [5.74, 6) is 0.245. The number of hydrogen-bond donors (Lipinski definition) is 0. The molecule has 0 amide bonds. The van der Waals surface area contributed by atoms with Crippen LogP contribution in [0, 0.1) is 0 Å². The van der Waals surface area contributed by atoms with Gasteiger partial charge in [-0.2, -0.15) is 4.31 Å². The summed E-state index contributed by atoms with van der Waals surface area (Å²) in [5, 5.41) is -0.795. The third-order valence-corrected chi connectivity index (χ3v) is 8.81. The second kappa shape index (κ2) is 6.49. The Bertz CT molecular complexity index is 784. The SMILES string of the molecule is COc1ccc(N2CCN(S(=O)(=O)C3CCS(=O)(=O)C3)CC2)cn1. The molecule has 134 valence electrons. The van der Waals surface area contributed by atoms with Gasteiger partial charge in [-0.1, -0.05) is 0 Å². The van der Waals surface area contributed by atoms with Gasteiger partial charge in [-0.05, 0) is 12.5 Å². The number of hydrogen-bond acceptors (Lipinski definition) is 7. The van der Waals surface area contributed by atoms with E-state index in [-0.39, 0.29) is 17.9 Å². The number of aromatic nitrogens is 1. The number of anilines is 1. The molecule has 8 nitrogen and oxygen atoms in total.